The molecule has 1 aliphatic rings. The highest BCUT2D eigenvalue weighted by molar-refractivity contribution is 5.73. The average Bonchev–Trinajstić information content (AvgIpc) is 2.64. The van der Waals surface area contributed by atoms with Gasteiger partial charge in [0, 0.05) is 19.6 Å². The van der Waals surface area contributed by atoms with E-state index in [9.17, 15) is 4.79 Å². The molecule has 16 heavy (non-hydrogen) atoms. The maximum absolute atomic E-state index is 11.7. The van der Waals surface area contributed by atoms with Gasteiger partial charge in [-0.05, 0) is 26.7 Å². The zero-order valence-corrected chi connectivity index (χ0v) is 10.5. The largest absolute Gasteiger partial charge is 0.465 e. The van der Waals surface area contributed by atoms with Crippen molar-refractivity contribution in [3.63, 3.8) is 0 Å². The second-order valence-corrected chi connectivity index (χ2v) is 5.08. The summed E-state index contributed by atoms with van der Waals surface area (Å²) in [5.41, 5.74) is 5.60. The number of esters is 1. The summed E-state index contributed by atoms with van der Waals surface area (Å²) in [6.07, 6.45) is 3.54. The van der Waals surface area contributed by atoms with Gasteiger partial charge in [0.05, 0.1) is 18.1 Å². The van der Waals surface area contributed by atoms with Crippen molar-refractivity contribution in [1.29, 1.82) is 0 Å². The Morgan fingerprint density at radius 2 is 2.12 bits per heavy atom. The van der Waals surface area contributed by atoms with E-state index in [0.29, 0.717) is 13.0 Å². The highest BCUT2D eigenvalue weighted by atomic mass is 16.5. The third-order valence-corrected chi connectivity index (χ3v) is 3.37. The van der Waals surface area contributed by atoms with Crippen molar-refractivity contribution in [2.24, 2.45) is 11.7 Å². The lowest BCUT2D eigenvalue weighted by Crippen LogP contribution is -2.33. The SMILES string of the molecule is COC(C)(C)CCOC(=O)C1CCCC1N. The Hall–Kier alpha value is -0.610. The highest BCUT2D eigenvalue weighted by Crippen LogP contribution is 2.25. The second-order valence-electron chi connectivity index (χ2n) is 5.08. The fourth-order valence-corrected chi connectivity index (χ4v) is 1.89. The van der Waals surface area contributed by atoms with Crippen LogP contribution < -0.4 is 5.73 Å². The number of carbonyl (C=O) groups excluding carboxylic acids is 1. The number of hydrogen-bond donors (Lipinski definition) is 1. The van der Waals surface area contributed by atoms with Crippen LogP contribution in [-0.2, 0) is 14.3 Å². The van der Waals surface area contributed by atoms with E-state index in [1.54, 1.807) is 7.11 Å². The van der Waals surface area contributed by atoms with Crippen LogP contribution in [0.3, 0.4) is 0 Å². The third-order valence-electron chi connectivity index (χ3n) is 3.37. The molecular formula is C12H23NO3. The molecular weight excluding hydrogens is 206 g/mol. The van der Waals surface area contributed by atoms with Crippen LogP contribution in [0.5, 0.6) is 0 Å². The lowest BCUT2D eigenvalue weighted by atomic mass is 10.0. The molecule has 2 atom stereocenters. The molecule has 1 aliphatic carbocycles. The van der Waals surface area contributed by atoms with Gasteiger partial charge in [-0.1, -0.05) is 6.42 Å². The predicted octanol–water partition coefficient (Wildman–Crippen LogP) is 1.47. The van der Waals surface area contributed by atoms with Crippen LogP contribution in [-0.4, -0.2) is 31.3 Å². The monoisotopic (exact) mass is 229 g/mol. The number of ether oxygens (including phenoxy) is 2. The first-order chi connectivity index (χ1) is 7.46. The Labute approximate surface area is 97.5 Å². The molecule has 4 nitrogen and oxygen atoms in total. The Morgan fingerprint density at radius 3 is 2.62 bits per heavy atom. The van der Waals surface area contributed by atoms with Gasteiger partial charge in [-0.25, -0.2) is 0 Å². The summed E-state index contributed by atoms with van der Waals surface area (Å²) in [6.45, 7) is 4.35. The van der Waals surface area contributed by atoms with Gasteiger partial charge < -0.3 is 15.2 Å². The fraction of sp³-hybridized carbons (Fsp3) is 0.917. The number of rotatable bonds is 5. The van der Waals surface area contributed by atoms with Gasteiger partial charge in [-0.15, -0.1) is 0 Å². The number of hydrogen-bond acceptors (Lipinski definition) is 4. The maximum atomic E-state index is 11.7. The van der Waals surface area contributed by atoms with Crippen LogP contribution in [0, 0.1) is 5.92 Å². The van der Waals surface area contributed by atoms with E-state index < -0.39 is 0 Å². The normalized spacial score (nSPS) is 25.8. The molecule has 0 aromatic carbocycles. The topological polar surface area (TPSA) is 61.5 Å². The van der Waals surface area contributed by atoms with E-state index in [-0.39, 0.29) is 23.5 Å². The molecule has 0 aromatic heterocycles. The Balaban J connectivity index is 2.25. The average molecular weight is 229 g/mol. The summed E-state index contributed by atoms with van der Waals surface area (Å²) in [7, 11) is 1.66. The van der Waals surface area contributed by atoms with Gasteiger partial charge in [0.1, 0.15) is 0 Å². The Kier molecular flexibility index (Phi) is 4.74. The summed E-state index contributed by atoms with van der Waals surface area (Å²) in [5, 5.41) is 0. The number of methoxy groups -OCH3 is 1. The Morgan fingerprint density at radius 1 is 1.44 bits per heavy atom. The first-order valence-corrected chi connectivity index (χ1v) is 5.93. The maximum Gasteiger partial charge on any atom is 0.310 e. The van der Waals surface area contributed by atoms with Crippen molar-refractivity contribution in [2.75, 3.05) is 13.7 Å². The minimum absolute atomic E-state index is 0.0112. The molecule has 0 amide bonds. The van der Waals surface area contributed by atoms with E-state index in [4.69, 9.17) is 15.2 Å². The molecule has 0 heterocycles. The van der Waals surface area contributed by atoms with E-state index in [0.717, 1.165) is 19.3 Å². The molecule has 0 spiro atoms. The predicted molar refractivity (Wildman–Crippen MR) is 62.0 cm³/mol. The smallest absolute Gasteiger partial charge is 0.310 e. The number of carbonyl (C=O) groups is 1. The van der Waals surface area contributed by atoms with Gasteiger partial charge in [-0.3, -0.25) is 4.79 Å². The van der Waals surface area contributed by atoms with Gasteiger partial charge in [0.15, 0.2) is 0 Å². The molecule has 2 N–H and O–H groups in total. The van der Waals surface area contributed by atoms with Crippen LogP contribution in [0.2, 0.25) is 0 Å². The van der Waals surface area contributed by atoms with Crippen molar-refractivity contribution >= 4 is 5.97 Å². The molecule has 0 bridgehead atoms. The van der Waals surface area contributed by atoms with Gasteiger partial charge in [0.25, 0.3) is 0 Å². The zero-order valence-electron chi connectivity index (χ0n) is 10.5. The zero-order chi connectivity index (χ0) is 12.2. The van der Waals surface area contributed by atoms with Gasteiger partial charge in [0.2, 0.25) is 0 Å². The lowest BCUT2D eigenvalue weighted by Gasteiger charge is -2.23. The fourth-order valence-electron chi connectivity index (χ4n) is 1.89. The standard InChI is InChI=1S/C12H23NO3/c1-12(2,15-3)7-8-16-11(14)9-5-4-6-10(9)13/h9-10H,4-8,13H2,1-3H3. The molecule has 0 saturated heterocycles. The molecule has 1 fully saturated rings. The second kappa shape index (κ2) is 5.64. The van der Waals surface area contributed by atoms with Crippen molar-refractivity contribution in [3.8, 4) is 0 Å². The van der Waals surface area contributed by atoms with E-state index in [1.165, 1.54) is 0 Å². The van der Waals surface area contributed by atoms with Crippen LogP contribution in [0.25, 0.3) is 0 Å². The highest BCUT2D eigenvalue weighted by Gasteiger charge is 2.31. The number of nitrogens with two attached hydrogens (primary N) is 1. The minimum atomic E-state index is -0.238. The molecule has 1 saturated carbocycles. The third kappa shape index (κ3) is 3.76. The van der Waals surface area contributed by atoms with E-state index >= 15 is 0 Å². The summed E-state index contributed by atoms with van der Waals surface area (Å²) >= 11 is 0. The molecule has 94 valence electrons. The Bertz CT molecular complexity index is 240. The first kappa shape index (κ1) is 13.5. The van der Waals surface area contributed by atoms with Crippen LogP contribution in [0.15, 0.2) is 0 Å². The quantitative estimate of drug-likeness (QED) is 0.725. The summed E-state index contributed by atoms with van der Waals surface area (Å²) in [5.74, 6) is -0.234. The minimum Gasteiger partial charge on any atom is -0.465 e. The van der Waals surface area contributed by atoms with Gasteiger partial charge in [-0.2, -0.15) is 0 Å². The van der Waals surface area contributed by atoms with E-state index in [2.05, 4.69) is 0 Å². The van der Waals surface area contributed by atoms with Crippen LogP contribution in [0.4, 0.5) is 0 Å². The summed E-state index contributed by atoms with van der Waals surface area (Å²) < 4.78 is 10.5. The summed E-state index contributed by atoms with van der Waals surface area (Å²) in [6, 6.07) is -0.0112. The van der Waals surface area contributed by atoms with Crippen molar-refractivity contribution in [3.05, 3.63) is 0 Å². The van der Waals surface area contributed by atoms with Crippen molar-refractivity contribution in [2.45, 2.75) is 51.2 Å². The molecule has 1 rings (SSSR count). The van der Waals surface area contributed by atoms with Crippen molar-refractivity contribution < 1.29 is 14.3 Å². The summed E-state index contributed by atoms with van der Waals surface area (Å²) in [4.78, 5) is 11.7. The van der Waals surface area contributed by atoms with E-state index in [1.807, 2.05) is 13.8 Å². The van der Waals surface area contributed by atoms with Crippen LogP contribution in [0.1, 0.15) is 39.5 Å². The molecule has 0 radical (unpaired) electrons. The van der Waals surface area contributed by atoms with Crippen molar-refractivity contribution in [1.82, 2.24) is 0 Å². The molecule has 2 unspecified atom stereocenters. The molecule has 0 aliphatic heterocycles. The molecule has 0 aromatic rings. The molecule has 4 heteroatoms. The first-order valence-electron chi connectivity index (χ1n) is 5.93. The lowest BCUT2D eigenvalue weighted by molar-refractivity contribution is -0.150. The van der Waals surface area contributed by atoms with Crippen LogP contribution >= 0.6 is 0 Å². The van der Waals surface area contributed by atoms with Gasteiger partial charge >= 0.3 is 5.97 Å².